The summed E-state index contributed by atoms with van der Waals surface area (Å²) in [7, 11) is 1.59. The molecule has 1 saturated heterocycles. The van der Waals surface area contributed by atoms with Crippen LogP contribution in [-0.4, -0.2) is 45.4 Å². The van der Waals surface area contributed by atoms with Crippen LogP contribution < -0.4 is 10.3 Å². The lowest BCUT2D eigenvalue weighted by molar-refractivity contribution is 0.0710. The highest BCUT2D eigenvalue weighted by Crippen LogP contribution is 2.28. The molecule has 3 aromatic rings. The van der Waals surface area contributed by atoms with Crippen LogP contribution in [0, 0.1) is 0 Å². The molecule has 0 unspecified atom stereocenters. The molecule has 7 nitrogen and oxygen atoms in total. The number of aromatic nitrogens is 3. The average Bonchev–Trinajstić information content (AvgIpc) is 3.18. The minimum atomic E-state index is -0.303. The van der Waals surface area contributed by atoms with Gasteiger partial charge in [-0.05, 0) is 24.3 Å². The van der Waals surface area contributed by atoms with Gasteiger partial charge in [0.2, 0.25) is 5.88 Å². The van der Waals surface area contributed by atoms with Crippen molar-refractivity contribution in [1.29, 1.82) is 0 Å². The van der Waals surface area contributed by atoms with Crippen molar-refractivity contribution in [3.63, 3.8) is 0 Å². The maximum atomic E-state index is 12.8. The zero-order chi connectivity index (χ0) is 18.1. The standard InChI is InChI=1S/C18H18N4O3S/c1-25-15-3-2-13(10-19-15)12-4-6-21(7-5-12)16(23)14-11-20-18-22(17(14)24)8-9-26-18/h2-3,8-12H,4-7H2,1H3. The largest absolute Gasteiger partial charge is 0.481 e. The quantitative estimate of drug-likeness (QED) is 0.706. The second kappa shape index (κ2) is 6.87. The molecular weight excluding hydrogens is 352 g/mol. The van der Waals surface area contributed by atoms with Crippen LogP contribution in [0.4, 0.5) is 0 Å². The molecule has 0 spiro atoms. The Morgan fingerprint density at radius 2 is 2.04 bits per heavy atom. The summed E-state index contributed by atoms with van der Waals surface area (Å²) < 4.78 is 6.51. The van der Waals surface area contributed by atoms with E-state index < -0.39 is 0 Å². The van der Waals surface area contributed by atoms with Gasteiger partial charge in [-0.1, -0.05) is 6.07 Å². The molecule has 1 aliphatic heterocycles. The van der Waals surface area contributed by atoms with Crippen molar-refractivity contribution in [2.75, 3.05) is 20.2 Å². The number of hydrogen-bond donors (Lipinski definition) is 0. The fourth-order valence-corrected chi connectivity index (χ4v) is 3.99. The average molecular weight is 370 g/mol. The molecule has 0 atom stereocenters. The highest BCUT2D eigenvalue weighted by Gasteiger charge is 2.26. The maximum absolute atomic E-state index is 12.8. The number of pyridine rings is 1. The highest BCUT2D eigenvalue weighted by atomic mass is 32.1. The topological polar surface area (TPSA) is 76.8 Å². The lowest BCUT2D eigenvalue weighted by Crippen LogP contribution is -2.40. The van der Waals surface area contributed by atoms with Crippen molar-refractivity contribution in [2.24, 2.45) is 0 Å². The summed E-state index contributed by atoms with van der Waals surface area (Å²) >= 11 is 1.37. The van der Waals surface area contributed by atoms with Gasteiger partial charge in [0.15, 0.2) is 4.96 Å². The fourth-order valence-electron chi connectivity index (χ4n) is 3.31. The molecule has 3 aromatic heterocycles. The van der Waals surface area contributed by atoms with Crippen molar-refractivity contribution >= 4 is 22.2 Å². The maximum Gasteiger partial charge on any atom is 0.271 e. The number of piperidine rings is 1. The first-order valence-corrected chi connectivity index (χ1v) is 9.29. The van der Waals surface area contributed by atoms with Gasteiger partial charge < -0.3 is 9.64 Å². The Morgan fingerprint density at radius 3 is 2.73 bits per heavy atom. The van der Waals surface area contributed by atoms with Crippen LogP contribution in [0.3, 0.4) is 0 Å². The molecule has 8 heteroatoms. The summed E-state index contributed by atoms with van der Waals surface area (Å²) in [6.45, 7) is 1.22. The van der Waals surface area contributed by atoms with E-state index in [-0.39, 0.29) is 17.0 Å². The highest BCUT2D eigenvalue weighted by molar-refractivity contribution is 7.15. The predicted molar refractivity (Wildman–Crippen MR) is 98.0 cm³/mol. The number of carbonyl (C=O) groups is 1. The summed E-state index contributed by atoms with van der Waals surface area (Å²) in [5.74, 6) is 0.712. The molecule has 1 fully saturated rings. The number of fused-ring (bicyclic) bond motifs is 1. The molecule has 1 aliphatic rings. The number of carbonyl (C=O) groups excluding carboxylic acids is 1. The van der Waals surface area contributed by atoms with E-state index in [1.54, 1.807) is 23.6 Å². The van der Waals surface area contributed by atoms with Crippen molar-refractivity contribution in [1.82, 2.24) is 19.3 Å². The number of amides is 1. The molecule has 0 radical (unpaired) electrons. The molecule has 0 saturated carbocycles. The third-order valence-electron chi connectivity index (χ3n) is 4.80. The van der Waals surface area contributed by atoms with Crippen LogP contribution in [0.1, 0.15) is 34.7 Å². The van der Waals surface area contributed by atoms with Crippen LogP contribution in [-0.2, 0) is 0 Å². The number of nitrogens with zero attached hydrogens (tertiary/aromatic N) is 4. The first kappa shape index (κ1) is 16.7. The molecule has 0 bridgehead atoms. The SMILES string of the molecule is COc1ccc(C2CCN(C(=O)c3cnc4sccn4c3=O)CC2)cn1. The molecular formula is C18H18N4O3S. The van der Waals surface area contributed by atoms with Crippen molar-refractivity contribution in [3.8, 4) is 5.88 Å². The smallest absolute Gasteiger partial charge is 0.271 e. The van der Waals surface area contributed by atoms with Crippen molar-refractivity contribution in [3.05, 3.63) is 57.6 Å². The van der Waals surface area contributed by atoms with Gasteiger partial charge >= 0.3 is 0 Å². The number of ether oxygens (including phenoxy) is 1. The van der Waals surface area contributed by atoms with Crippen LogP contribution in [0.25, 0.3) is 4.96 Å². The lowest BCUT2D eigenvalue weighted by Gasteiger charge is -2.32. The van der Waals surface area contributed by atoms with E-state index in [0.717, 1.165) is 18.4 Å². The second-order valence-electron chi connectivity index (χ2n) is 6.23. The normalized spacial score (nSPS) is 15.3. The second-order valence-corrected chi connectivity index (χ2v) is 7.11. The zero-order valence-corrected chi connectivity index (χ0v) is 15.1. The van der Waals surface area contributed by atoms with E-state index >= 15 is 0 Å². The number of likely N-dealkylation sites (tertiary alicyclic amines) is 1. The molecule has 0 aromatic carbocycles. The van der Waals surface area contributed by atoms with Crippen LogP contribution in [0.5, 0.6) is 5.88 Å². The predicted octanol–water partition coefficient (Wildman–Crippen LogP) is 2.18. The van der Waals surface area contributed by atoms with Gasteiger partial charge in [0.1, 0.15) is 5.56 Å². The van der Waals surface area contributed by atoms with Crippen LogP contribution in [0.2, 0.25) is 0 Å². The molecule has 26 heavy (non-hydrogen) atoms. The van der Waals surface area contributed by atoms with Crippen molar-refractivity contribution < 1.29 is 9.53 Å². The van der Waals surface area contributed by atoms with E-state index in [4.69, 9.17) is 4.74 Å². The Balaban J connectivity index is 1.47. The first-order chi connectivity index (χ1) is 12.7. The third-order valence-corrected chi connectivity index (χ3v) is 5.57. The minimum Gasteiger partial charge on any atom is -0.481 e. The Labute approximate surface area is 153 Å². The minimum absolute atomic E-state index is 0.130. The summed E-state index contributed by atoms with van der Waals surface area (Å²) in [6, 6.07) is 3.88. The number of hydrogen-bond acceptors (Lipinski definition) is 6. The van der Waals surface area contributed by atoms with Gasteiger partial charge in [0, 0.05) is 43.1 Å². The van der Waals surface area contributed by atoms with Gasteiger partial charge in [0.25, 0.3) is 11.5 Å². The van der Waals surface area contributed by atoms with Crippen LogP contribution in [0.15, 0.2) is 40.9 Å². The van der Waals surface area contributed by atoms with E-state index in [2.05, 4.69) is 9.97 Å². The first-order valence-electron chi connectivity index (χ1n) is 8.41. The van der Waals surface area contributed by atoms with Crippen LogP contribution >= 0.6 is 11.3 Å². The fraction of sp³-hybridized carbons (Fsp3) is 0.333. The summed E-state index contributed by atoms with van der Waals surface area (Å²) in [6.07, 6.45) is 6.57. The van der Waals surface area contributed by atoms with E-state index in [0.29, 0.717) is 29.8 Å². The lowest BCUT2D eigenvalue weighted by atomic mass is 9.90. The summed E-state index contributed by atoms with van der Waals surface area (Å²) in [4.78, 5) is 36.0. The van der Waals surface area contributed by atoms with Gasteiger partial charge in [0.05, 0.1) is 7.11 Å². The number of rotatable bonds is 3. The van der Waals surface area contributed by atoms with E-state index in [9.17, 15) is 9.59 Å². The van der Waals surface area contributed by atoms with Gasteiger partial charge in [-0.15, -0.1) is 11.3 Å². The Kier molecular flexibility index (Phi) is 4.42. The number of methoxy groups -OCH3 is 1. The molecule has 4 heterocycles. The van der Waals surface area contributed by atoms with Gasteiger partial charge in [-0.2, -0.15) is 0 Å². The monoisotopic (exact) mass is 370 g/mol. The zero-order valence-electron chi connectivity index (χ0n) is 14.3. The van der Waals surface area contributed by atoms with Gasteiger partial charge in [-0.25, -0.2) is 9.97 Å². The molecule has 1 amide bonds. The summed E-state index contributed by atoms with van der Waals surface area (Å²) in [5, 5.41) is 1.78. The Bertz CT molecular complexity index is 988. The molecule has 134 valence electrons. The van der Waals surface area contributed by atoms with Crippen molar-refractivity contribution in [2.45, 2.75) is 18.8 Å². The summed E-state index contributed by atoms with van der Waals surface area (Å²) in [5.41, 5.74) is 0.979. The molecule has 4 rings (SSSR count). The number of thiazole rings is 1. The third kappa shape index (κ3) is 2.96. The van der Waals surface area contributed by atoms with Gasteiger partial charge in [-0.3, -0.25) is 14.0 Å². The van der Waals surface area contributed by atoms with E-state index in [1.165, 1.54) is 21.9 Å². The molecule has 0 N–H and O–H groups in total. The Morgan fingerprint density at radius 1 is 1.23 bits per heavy atom. The Hall–Kier alpha value is -2.74. The van der Waals surface area contributed by atoms with E-state index in [1.807, 2.05) is 18.3 Å². The molecule has 0 aliphatic carbocycles.